The first kappa shape index (κ1) is 18.6. The van der Waals surface area contributed by atoms with E-state index >= 15 is 0 Å². The molecular formula is C18H18ClNO5. The van der Waals surface area contributed by atoms with Gasteiger partial charge in [-0.1, -0.05) is 23.7 Å². The van der Waals surface area contributed by atoms with Gasteiger partial charge in [0.25, 0.3) is 5.91 Å². The van der Waals surface area contributed by atoms with E-state index in [0.29, 0.717) is 22.2 Å². The number of benzene rings is 2. The Morgan fingerprint density at radius 1 is 1.04 bits per heavy atom. The highest BCUT2D eigenvalue weighted by atomic mass is 35.5. The summed E-state index contributed by atoms with van der Waals surface area (Å²) in [5.41, 5.74) is 0.630. The van der Waals surface area contributed by atoms with Gasteiger partial charge in [0.1, 0.15) is 17.1 Å². The van der Waals surface area contributed by atoms with Crippen LogP contribution >= 0.6 is 11.6 Å². The molecule has 0 saturated heterocycles. The van der Waals surface area contributed by atoms with Crippen molar-refractivity contribution in [2.24, 2.45) is 0 Å². The third-order valence-corrected chi connectivity index (χ3v) is 3.63. The number of rotatable bonds is 6. The molecule has 0 aliphatic carbocycles. The Labute approximate surface area is 150 Å². The second kappa shape index (κ2) is 8.39. The number of carbonyl (C=O) groups is 2. The van der Waals surface area contributed by atoms with Crippen LogP contribution in [0.2, 0.25) is 5.02 Å². The van der Waals surface area contributed by atoms with Crippen LogP contribution in [0.25, 0.3) is 0 Å². The van der Waals surface area contributed by atoms with E-state index in [4.69, 9.17) is 25.8 Å². The van der Waals surface area contributed by atoms with Crippen LogP contribution in [0.15, 0.2) is 42.5 Å². The van der Waals surface area contributed by atoms with Crippen LogP contribution in [0.1, 0.15) is 17.3 Å². The van der Waals surface area contributed by atoms with Crippen LogP contribution in [0.3, 0.4) is 0 Å². The average Bonchev–Trinajstić information content (AvgIpc) is 2.61. The number of halogens is 1. The summed E-state index contributed by atoms with van der Waals surface area (Å²) in [5.74, 6) is -0.348. The van der Waals surface area contributed by atoms with Crippen LogP contribution in [0.4, 0.5) is 5.69 Å². The standard InChI is InChI=1S/C18H18ClNO5/c1-11(25-18(22)13-6-4-5-7-15(13)23-2)17(21)20-14-10-12(19)8-9-16(14)24-3/h4-11H,1-3H3,(H,20,21)/t11-/m1/s1. The molecule has 2 aromatic carbocycles. The predicted molar refractivity (Wildman–Crippen MR) is 94.5 cm³/mol. The van der Waals surface area contributed by atoms with Crippen molar-refractivity contribution < 1.29 is 23.8 Å². The first-order valence-corrected chi connectivity index (χ1v) is 7.82. The van der Waals surface area contributed by atoms with Crippen LogP contribution in [-0.4, -0.2) is 32.2 Å². The van der Waals surface area contributed by atoms with Crippen LogP contribution in [0, 0.1) is 0 Å². The molecule has 0 aliphatic heterocycles. The largest absolute Gasteiger partial charge is 0.496 e. The number of hydrogen-bond acceptors (Lipinski definition) is 5. The molecule has 0 spiro atoms. The Balaban J connectivity index is 2.08. The van der Waals surface area contributed by atoms with Gasteiger partial charge in [-0.2, -0.15) is 0 Å². The lowest BCUT2D eigenvalue weighted by Gasteiger charge is -2.16. The average molecular weight is 364 g/mol. The Bertz CT molecular complexity index is 778. The van der Waals surface area contributed by atoms with Crippen molar-refractivity contribution in [3.63, 3.8) is 0 Å². The van der Waals surface area contributed by atoms with Gasteiger partial charge in [0.2, 0.25) is 0 Å². The van der Waals surface area contributed by atoms with Crippen molar-refractivity contribution in [2.75, 3.05) is 19.5 Å². The molecule has 7 heteroatoms. The van der Waals surface area contributed by atoms with E-state index in [2.05, 4.69) is 5.32 Å². The Hall–Kier alpha value is -2.73. The number of anilines is 1. The normalized spacial score (nSPS) is 11.4. The molecule has 0 radical (unpaired) electrons. The second-order valence-corrected chi connectivity index (χ2v) is 5.52. The van der Waals surface area contributed by atoms with E-state index in [1.54, 1.807) is 42.5 Å². The third-order valence-electron chi connectivity index (χ3n) is 3.40. The van der Waals surface area contributed by atoms with E-state index in [1.807, 2.05) is 0 Å². The van der Waals surface area contributed by atoms with Crippen molar-refractivity contribution in [2.45, 2.75) is 13.0 Å². The van der Waals surface area contributed by atoms with Crippen molar-refractivity contribution in [3.8, 4) is 11.5 Å². The SMILES string of the molecule is COc1ccc(Cl)cc1NC(=O)[C@@H](C)OC(=O)c1ccccc1OC. The number of methoxy groups -OCH3 is 2. The van der Waals surface area contributed by atoms with E-state index in [0.717, 1.165) is 0 Å². The van der Waals surface area contributed by atoms with E-state index in [9.17, 15) is 9.59 Å². The molecule has 1 N–H and O–H groups in total. The molecule has 2 rings (SSSR count). The van der Waals surface area contributed by atoms with E-state index < -0.39 is 18.0 Å². The highest BCUT2D eigenvalue weighted by molar-refractivity contribution is 6.31. The summed E-state index contributed by atoms with van der Waals surface area (Å²) in [4.78, 5) is 24.5. The zero-order valence-electron chi connectivity index (χ0n) is 14.0. The molecule has 0 fully saturated rings. The fraction of sp³-hybridized carbons (Fsp3) is 0.222. The van der Waals surface area contributed by atoms with Crippen LogP contribution in [0.5, 0.6) is 11.5 Å². The highest BCUT2D eigenvalue weighted by Crippen LogP contribution is 2.28. The molecule has 0 bridgehead atoms. The van der Waals surface area contributed by atoms with Crippen LogP contribution < -0.4 is 14.8 Å². The van der Waals surface area contributed by atoms with Gasteiger partial charge in [-0.25, -0.2) is 4.79 Å². The van der Waals surface area contributed by atoms with E-state index in [-0.39, 0.29) is 5.56 Å². The molecule has 25 heavy (non-hydrogen) atoms. The van der Waals surface area contributed by atoms with Crippen molar-refractivity contribution >= 4 is 29.2 Å². The molecule has 2 aromatic rings. The highest BCUT2D eigenvalue weighted by Gasteiger charge is 2.22. The number of nitrogens with one attached hydrogen (secondary N) is 1. The lowest BCUT2D eigenvalue weighted by Crippen LogP contribution is -2.30. The minimum absolute atomic E-state index is 0.241. The lowest BCUT2D eigenvalue weighted by atomic mass is 10.2. The minimum Gasteiger partial charge on any atom is -0.496 e. The van der Waals surface area contributed by atoms with Crippen molar-refractivity contribution in [1.29, 1.82) is 0 Å². The second-order valence-electron chi connectivity index (χ2n) is 5.08. The Kier molecular flexibility index (Phi) is 6.25. The number of ether oxygens (including phenoxy) is 3. The lowest BCUT2D eigenvalue weighted by molar-refractivity contribution is -0.123. The molecule has 0 heterocycles. The topological polar surface area (TPSA) is 73.9 Å². The van der Waals surface area contributed by atoms with Gasteiger partial charge < -0.3 is 19.5 Å². The summed E-state index contributed by atoms with van der Waals surface area (Å²) < 4.78 is 15.5. The van der Waals surface area contributed by atoms with Gasteiger partial charge in [-0.05, 0) is 37.3 Å². The quantitative estimate of drug-likeness (QED) is 0.794. The predicted octanol–water partition coefficient (Wildman–Crippen LogP) is 3.54. The van der Waals surface area contributed by atoms with Crippen molar-refractivity contribution in [3.05, 3.63) is 53.1 Å². The molecule has 0 unspecified atom stereocenters. The maximum atomic E-state index is 12.3. The number of carbonyl (C=O) groups excluding carboxylic acids is 2. The Morgan fingerprint density at radius 2 is 1.72 bits per heavy atom. The first-order chi connectivity index (χ1) is 12.0. The summed E-state index contributed by atoms with van der Waals surface area (Å²) in [6, 6.07) is 11.4. The van der Waals surface area contributed by atoms with E-state index in [1.165, 1.54) is 21.1 Å². The molecule has 1 amide bonds. The fourth-order valence-corrected chi connectivity index (χ4v) is 2.28. The molecule has 0 aromatic heterocycles. The van der Waals surface area contributed by atoms with Gasteiger partial charge in [0.15, 0.2) is 6.10 Å². The molecule has 132 valence electrons. The van der Waals surface area contributed by atoms with Gasteiger partial charge in [0.05, 0.1) is 19.9 Å². The summed E-state index contributed by atoms with van der Waals surface area (Å²) in [6.45, 7) is 1.47. The minimum atomic E-state index is -1.03. The summed E-state index contributed by atoms with van der Waals surface area (Å²) >= 11 is 5.93. The number of hydrogen-bond donors (Lipinski definition) is 1. The summed E-state index contributed by atoms with van der Waals surface area (Å²) in [6.07, 6.45) is -1.03. The molecule has 0 aliphatic rings. The third kappa shape index (κ3) is 4.64. The molecule has 0 saturated carbocycles. The number of para-hydroxylation sites is 1. The van der Waals surface area contributed by atoms with Gasteiger partial charge in [-0.15, -0.1) is 0 Å². The van der Waals surface area contributed by atoms with Crippen LogP contribution in [-0.2, 0) is 9.53 Å². The van der Waals surface area contributed by atoms with Gasteiger partial charge in [-0.3, -0.25) is 4.79 Å². The van der Waals surface area contributed by atoms with Gasteiger partial charge >= 0.3 is 5.97 Å². The maximum absolute atomic E-state index is 12.3. The summed E-state index contributed by atoms with van der Waals surface area (Å²) in [5, 5.41) is 3.07. The molecular weight excluding hydrogens is 346 g/mol. The first-order valence-electron chi connectivity index (χ1n) is 7.44. The zero-order chi connectivity index (χ0) is 18.4. The maximum Gasteiger partial charge on any atom is 0.342 e. The monoisotopic (exact) mass is 363 g/mol. The smallest absolute Gasteiger partial charge is 0.342 e. The molecule has 6 nitrogen and oxygen atoms in total. The van der Waals surface area contributed by atoms with Gasteiger partial charge in [0, 0.05) is 5.02 Å². The fourth-order valence-electron chi connectivity index (χ4n) is 2.10. The molecule has 1 atom stereocenters. The zero-order valence-corrected chi connectivity index (χ0v) is 14.8. The summed E-state index contributed by atoms with van der Waals surface area (Å²) in [7, 11) is 2.93. The number of amides is 1. The van der Waals surface area contributed by atoms with Crippen molar-refractivity contribution in [1.82, 2.24) is 0 Å². The number of esters is 1. The Morgan fingerprint density at radius 3 is 2.40 bits per heavy atom.